The second-order valence-corrected chi connectivity index (χ2v) is 8.31. The molecule has 1 fully saturated rings. The van der Waals surface area contributed by atoms with Crippen LogP contribution in [0, 0.1) is 0 Å². The van der Waals surface area contributed by atoms with E-state index in [1.54, 1.807) is 6.07 Å². The summed E-state index contributed by atoms with van der Waals surface area (Å²) < 4.78 is 40.7. The van der Waals surface area contributed by atoms with Crippen LogP contribution in [-0.2, 0) is 17.4 Å². The highest BCUT2D eigenvalue weighted by atomic mass is 19.4. The molecule has 6 nitrogen and oxygen atoms in total. The predicted molar refractivity (Wildman–Crippen MR) is 121 cm³/mol. The zero-order chi connectivity index (χ0) is 23.3. The molecule has 1 aliphatic rings. The molecule has 1 N–H and O–H groups in total. The molecule has 4 rings (SSSR count). The number of nitrogens with one attached hydrogen (secondary N) is 1. The standard InChI is InChI=1S/C24H28F3N5O/c25-24(26,27)19-6-5-7-21(16-19)31-14-12-30(13-15-31)10-4-2-9-28-23(33)17-20-18-32-11-3-1-8-22(32)29-20/h1,3,5-8,11,16,18H,2,4,9-10,12-15,17H2,(H,28,33). The third-order valence-electron chi connectivity index (χ3n) is 5.89. The molecule has 3 aromatic rings. The van der Waals surface area contributed by atoms with Crippen LogP contribution in [0.15, 0.2) is 54.9 Å². The first kappa shape index (κ1) is 23.1. The van der Waals surface area contributed by atoms with Gasteiger partial charge >= 0.3 is 6.18 Å². The third-order valence-corrected chi connectivity index (χ3v) is 5.89. The molecular formula is C24H28F3N5O. The number of nitrogens with zero attached hydrogens (tertiary/aromatic N) is 4. The smallest absolute Gasteiger partial charge is 0.369 e. The fourth-order valence-electron chi connectivity index (χ4n) is 4.10. The molecular weight excluding hydrogens is 431 g/mol. The number of carbonyl (C=O) groups excluding carboxylic acids is 1. The minimum absolute atomic E-state index is 0.0342. The molecule has 0 radical (unpaired) electrons. The number of benzene rings is 1. The summed E-state index contributed by atoms with van der Waals surface area (Å²) in [5.41, 5.74) is 1.59. The Hall–Kier alpha value is -3.07. The van der Waals surface area contributed by atoms with Gasteiger partial charge in [0.2, 0.25) is 5.91 Å². The fourth-order valence-corrected chi connectivity index (χ4v) is 4.10. The van der Waals surface area contributed by atoms with Crippen LogP contribution >= 0.6 is 0 Å². The number of carbonyl (C=O) groups is 1. The van der Waals surface area contributed by atoms with Crippen LogP contribution in [0.1, 0.15) is 24.1 Å². The summed E-state index contributed by atoms with van der Waals surface area (Å²) in [5.74, 6) is -0.0342. The van der Waals surface area contributed by atoms with Crippen LogP contribution in [0.4, 0.5) is 18.9 Å². The lowest BCUT2D eigenvalue weighted by Gasteiger charge is -2.36. The van der Waals surface area contributed by atoms with Gasteiger partial charge in [0.25, 0.3) is 0 Å². The maximum absolute atomic E-state index is 12.9. The molecule has 1 saturated heterocycles. The van der Waals surface area contributed by atoms with Gasteiger partial charge in [-0.1, -0.05) is 12.1 Å². The monoisotopic (exact) mass is 459 g/mol. The Morgan fingerprint density at radius 1 is 1.03 bits per heavy atom. The number of piperazine rings is 1. The summed E-state index contributed by atoms with van der Waals surface area (Å²) >= 11 is 0. The molecule has 0 spiro atoms. The van der Waals surface area contributed by atoms with Gasteiger partial charge in [-0.25, -0.2) is 4.98 Å². The van der Waals surface area contributed by atoms with E-state index in [0.29, 0.717) is 25.3 Å². The van der Waals surface area contributed by atoms with Crippen LogP contribution < -0.4 is 10.2 Å². The van der Waals surface area contributed by atoms with E-state index >= 15 is 0 Å². The van der Waals surface area contributed by atoms with Gasteiger partial charge in [0.1, 0.15) is 5.65 Å². The Balaban J connectivity index is 1.12. The largest absolute Gasteiger partial charge is 0.416 e. The molecule has 0 aliphatic carbocycles. The number of alkyl halides is 3. The SMILES string of the molecule is O=C(Cc1cn2ccccc2n1)NCCCCN1CCN(c2cccc(C(F)(F)F)c2)CC1. The average molecular weight is 460 g/mol. The summed E-state index contributed by atoms with van der Waals surface area (Å²) in [6, 6.07) is 11.3. The van der Waals surface area contributed by atoms with Gasteiger partial charge in [-0.15, -0.1) is 0 Å². The highest BCUT2D eigenvalue weighted by molar-refractivity contribution is 5.78. The molecule has 1 aromatic carbocycles. The van der Waals surface area contributed by atoms with E-state index in [1.165, 1.54) is 12.1 Å². The molecule has 1 aliphatic heterocycles. The van der Waals surface area contributed by atoms with Crippen molar-refractivity contribution in [2.45, 2.75) is 25.4 Å². The van der Waals surface area contributed by atoms with E-state index in [-0.39, 0.29) is 12.3 Å². The van der Waals surface area contributed by atoms with Crippen molar-refractivity contribution in [3.63, 3.8) is 0 Å². The highest BCUT2D eigenvalue weighted by Crippen LogP contribution is 2.31. The fraction of sp³-hybridized carbons (Fsp3) is 0.417. The van der Waals surface area contributed by atoms with Crippen LogP contribution in [0.5, 0.6) is 0 Å². The first-order chi connectivity index (χ1) is 15.9. The molecule has 33 heavy (non-hydrogen) atoms. The van der Waals surface area contributed by atoms with Gasteiger partial charge in [0.05, 0.1) is 17.7 Å². The Bertz CT molecular complexity index is 1040. The van der Waals surface area contributed by atoms with Gasteiger partial charge in [0, 0.05) is 50.8 Å². The van der Waals surface area contributed by atoms with Crippen LogP contribution in [0.25, 0.3) is 5.65 Å². The summed E-state index contributed by atoms with van der Waals surface area (Å²) in [4.78, 5) is 20.9. The Morgan fingerprint density at radius 2 is 1.85 bits per heavy atom. The quantitative estimate of drug-likeness (QED) is 0.523. The van der Waals surface area contributed by atoms with E-state index in [9.17, 15) is 18.0 Å². The number of unbranched alkanes of at least 4 members (excludes halogenated alkanes) is 1. The Labute approximate surface area is 191 Å². The number of amides is 1. The number of fused-ring (bicyclic) bond motifs is 1. The van der Waals surface area contributed by atoms with Crippen LogP contribution in [0.2, 0.25) is 0 Å². The molecule has 9 heteroatoms. The van der Waals surface area contributed by atoms with Gasteiger partial charge in [-0.2, -0.15) is 13.2 Å². The molecule has 0 unspecified atom stereocenters. The Morgan fingerprint density at radius 3 is 2.61 bits per heavy atom. The molecule has 2 aromatic heterocycles. The number of pyridine rings is 1. The van der Waals surface area contributed by atoms with Crippen molar-refractivity contribution in [2.24, 2.45) is 0 Å². The molecule has 0 saturated carbocycles. The molecule has 0 atom stereocenters. The second kappa shape index (κ2) is 10.2. The van der Waals surface area contributed by atoms with E-state index in [4.69, 9.17) is 0 Å². The summed E-state index contributed by atoms with van der Waals surface area (Å²) in [6.45, 7) is 4.58. The lowest BCUT2D eigenvalue weighted by atomic mass is 10.1. The Kier molecular flexibility index (Phi) is 7.17. The first-order valence-corrected chi connectivity index (χ1v) is 11.2. The van der Waals surface area contributed by atoms with E-state index in [1.807, 2.05) is 39.9 Å². The number of imidazole rings is 1. The van der Waals surface area contributed by atoms with Gasteiger partial charge in [0.15, 0.2) is 0 Å². The minimum Gasteiger partial charge on any atom is -0.369 e. The van der Waals surface area contributed by atoms with Crippen molar-refractivity contribution in [3.8, 4) is 0 Å². The lowest BCUT2D eigenvalue weighted by molar-refractivity contribution is -0.137. The van der Waals surface area contributed by atoms with Crippen LogP contribution in [0.3, 0.4) is 0 Å². The van der Waals surface area contributed by atoms with Crippen molar-refractivity contribution in [3.05, 3.63) is 66.1 Å². The van der Waals surface area contributed by atoms with E-state index in [0.717, 1.165) is 49.9 Å². The molecule has 3 heterocycles. The topological polar surface area (TPSA) is 52.9 Å². The van der Waals surface area contributed by atoms with Gasteiger partial charge in [-0.05, 0) is 49.7 Å². The number of halogens is 3. The van der Waals surface area contributed by atoms with E-state index < -0.39 is 11.7 Å². The first-order valence-electron chi connectivity index (χ1n) is 11.2. The normalized spacial score (nSPS) is 15.2. The zero-order valence-electron chi connectivity index (χ0n) is 18.4. The zero-order valence-corrected chi connectivity index (χ0v) is 18.4. The number of hydrogen-bond donors (Lipinski definition) is 1. The van der Waals surface area contributed by atoms with Gasteiger partial charge < -0.3 is 14.6 Å². The number of rotatable bonds is 8. The maximum atomic E-state index is 12.9. The predicted octanol–water partition coefficient (Wildman–Crippen LogP) is 3.61. The number of anilines is 1. The van der Waals surface area contributed by atoms with Crippen molar-refractivity contribution in [1.82, 2.24) is 19.6 Å². The average Bonchev–Trinajstić information content (AvgIpc) is 3.21. The van der Waals surface area contributed by atoms with Crippen molar-refractivity contribution in [1.29, 1.82) is 0 Å². The molecule has 176 valence electrons. The van der Waals surface area contributed by atoms with Gasteiger partial charge in [-0.3, -0.25) is 9.69 Å². The van der Waals surface area contributed by atoms with E-state index in [2.05, 4.69) is 15.2 Å². The number of hydrogen-bond acceptors (Lipinski definition) is 4. The highest BCUT2D eigenvalue weighted by Gasteiger charge is 2.31. The molecule has 1 amide bonds. The van der Waals surface area contributed by atoms with Crippen molar-refractivity contribution in [2.75, 3.05) is 44.2 Å². The summed E-state index contributed by atoms with van der Waals surface area (Å²) in [5, 5.41) is 2.95. The number of aromatic nitrogens is 2. The second-order valence-electron chi connectivity index (χ2n) is 8.31. The summed E-state index contributed by atoms with van der Waals surface area (Å²) in [6.07, 6.45) is 1.55. The van der Waals surface area contributed by atoms with Crippen LogP contribution in [-0.4, -0.2) is 59.5 Å². The van der Waals surface area contributed by atoms with Crippen molar-refractivity contribution >= 4 is 17.2 Å². The maximum Gasteiger partial charge on any atom is 0.416 e. The minimum atomic E-state index is -4.32. The molecule has 0 bridgehead atoms. The third kappa shape index (κ3) is 6.25. The van der Waals surface area contributed by atoms with Crippen molar-refractivity contribution < 1.29 is 18.0 Å². The lowest BCUT2D eigenvalue weighted by Crippen LogP contribution is -2.46. The summed E-state index contributed by atoms with van der Waals surface area (Å²) in [7, 11) is 0.